The molecule has 1 aromatic carbocycles. The normalized spacial score (nSPS) is 11.5. The third-order valence-electron chi connectivity index (χ3n) is 2.04. The van der Waals surface area contributed by atoms with Crippen molar-refractivity contribution in [1.29, 1.82) is 0 Å². The van der Waals surface area contributed by atoms with Gasteiger partial charge in [-0.15, -0.1) is 0 Å². The first-order valence-electron chi connectivity index (χ1n) is 6.25. The van der Waals surface area contributed by atoms with E-state index in [1.807, 2.05) is 24.3 Å². The second-order valence-electron chi connectivity index (χ2n) is 6.34. The first-order valence-corrected chi connectivity index (χ1v) is 13.1. The van der Waals surface area contributed by atoms with Crippen molar-refractivity contribution in [1.82, 2.24) is 0 Å². The fourth-order valence-corrected chi connectivity index (χ4v) is 3.12. The Morgan fingerprint density at radius 3 is 1.79 bits per heavy atom. The van der Waals surface area contributed by atoms with Crippen LogP contribution in [-0.2, 0) is 0 Å². The van der Waals surface area contributed by atoms with Crippen LogP contribution >= 0.6 is 0 Å². The van der Waals surface area contributed by atoms with Crippen LogP contribution < -0.4 is 8.85 Å². The summed E-state index contributed by atoms with van der Waals surface area (Å²) in [5.74, 6) is 1.72. The van der Waals surface area contributed by atoms with Gasteiger partial charge in [0.1, 0.15) is 11.5 Å². The Morgan fingerprint density at radius 2 is 1.37 bits per heavy atom. The van der Waals surface area contributed by atoms with Gasteiger partial charge in [-0.25, -0.2) is 0 Å². The number of benzene rings is 1. The topological polar surface area (TPSA) is 50.0 Å². The van der Waals surface area contributed by atoms with Crippen LogP contribution in [0.4, 0.5) is 0 Å². The molecule has 0 aliphatic carbocycles. The molecule has 0 saturated carbocycles. The van der Waals surface area contributed by atoms with Crippen molar-refractivity contribution >= 4 is 22.7 Å². The van der Waals surface area contributed by atoms with Crippen LogP contribution in [0.25, 0.3) is 6.08 Å². The van der Waals surface area contributed by atoms with Crippen LogP contribution in [0.2, 0.25) is 39.3 Å². The highest BCUT2D eigenvalue weighted by Crippen LogP contribution is 2.32. The zero-order valence-electron chi connectivity index (χ0n) is 12.8. The molecule has 0 aliphatic rings. The third kappa shape index (κ3) is 6.61. The fourth-order valence-electron chi connectivity index (χ4n) is 1.48. The lowest BCUT2D eigenvalue weighted by Crippen LogP contribution is -2.32. The van der Waals surface area contributed by atoms with Gasteiger partial charge < -0.3 is 14.3 Å². The maximum absolute atomic E-state index is 6.11. The maximum Gasteiger partial charge on any atom is 0.242 e. The van der Waals surface area contributed by atoms with E-state index in [4.69, 9.17) is 8.85 Å². The summed E-state index contributed by atoms with van der Waals surface area (Å²) in [7, 11) is -3.26. The third-order valence-corrected chi connectivity index (χ3v) is 3.70. The molecule has 0 heterocycles. The summed E-state index contributed by atoms with van der Waals surface area (Å²) in [4.78, 5) is 0. The van der Waals surface area contributed by atoms with Gasteiger partial charge in [0.2, 0.25) is 16.6 Å². The molecule has 0 aliphatic heterocycles. The summed E-state index contributed by atoms with van der Waals surface area (Å²) in [5.41, 5.74) is 1.06. The van der Waals surface area contributed by atoms with E-state index in [1.54, 1.807) is 0 Å². The first-order chi connectivity index (χ1) is 8.11. The molecule has 0 saturated heterocycles. The molecule has 0 amide bonds. The van der Waals surface area contributed by atoms with Gasteiger partial charge in [-0.1, -0.05) is 18.7 Å². The van der Waals surface area contributed by atoms with Gasteiger partial charge in [-0.2, -0.15) is 0 Å². The average Bonchev–Trinajstić information content (AvgIpc) is 2.16. The van der Waals surface area contributed by atoms with Crippen LogP contribution in [0.15, 0.2) is 24.8 Å². The lowest BCUT2D eigenvalue weighted by molar-refractivity contribution is 0.489. The maximum atomic E-state index is 6.11. The molecule has 0 atom stereocenters. The van der Waals surface area contributed by atoms with Crippen molar-refractivity contribution in [3.05, 3.63) is 30.3 Å². The van der Waals surface area contributed by atoms with E-state index in [1.165, 1.54) is 0 Å². The van der Waals surface area contributed by atoms with Crippen molar-refractivity contribution in [2.24, 2.45) is 0 Å². The lowest BCUT2D eigenvalue weighted by Gasteiger charge is -2.26. The fraction of sp³-hybridized carbons (Fsp3) is 0.429. The van der Waals surface area contributed by atoms with Crippen LogP contribution in [0, 0.1) is 0 Å². The molecule has 1 aromatic rings. The van der Waals surface area contributed by atoms with Gasteiger partial charge in [-0.05, 0) is 57.0 Å². The Bertz CT molecular complexity index is 431. The summed E-state index contributed by atoms with van der Waals surface area (Å²) in [6, 6.07) is 6.02. The van der Waals surface area contributed by atoms with Gasteiger partial charge >= 0.3 is 0 Å². The molecule has 19 heavy (non-hydrogen) atoms. The van der Waals surface area contributed by atoms with Crippen LogP contribution in [0.5, 0.6) is 11.5 Å². The highest BCUT2D eigenvalue weighted by atomic mass is 28.4. The first kappa shape index (κ1) is 18.0. The van der Waals surface area contributed by atoms with E-state index >= 15 is 0 Å². The van der Waals surface area contributed by atoms with Gasteiger partial charge in [0.15, 0.2) is 0 Å². The largest absolute Gasteiger partial charge is 0.542 e. The average molecular weight is 299 g/mol. The highest BCUT2D eigenvalue weighted by Gasteiger charge is 2.22. The second kappa shape index (κ2) is 6.41. The molecule has 0 aromatic heterocycles. The summed E-state index contributed by atoms with van der Waals surface area (Å²) in [6.45, 7) is 16.8. The Balaban J connectivity index is 0.00000324. The molecule has 3 nitrogen and oxygen atoms in total. The van der Waals surface area contributed by atoms with Crippen LogP contribution in [-0.4, -0.2) is 22.1 Å². The molecule has 0 unspecified atom stereocenters. The standard InChI is InChI=1S/C14H24O2Si2.H2O/c1-8-12-9-10-13(15-17(2,3)4)14(11-12)16-18(5,6)7;/h8-11H,1H2,2-7H3;1H2. The summed E-state index contributed by atoms with van der Waals surface area (Å²) in [6.07, 6.45) is 1.83. The number of hydrogen-bond donors (Lipinski definition) is 0. The lowest BCUT2D eigenvalue weighted by atomic mass is 10.2. The van der Waals surface area contributed by atoms with E-state index in [2.05, 4.69) is 45.9 Å². The minimum absolute atomic E-state index is 0. The molecule has 1 rings (SSSR count). The molecule has 0 radical (unpaired) electrons. The summed E-state index contributed by atoms with van der Waals surface area (Å²) in [5, 5.41) is 0. The van der Waals surface area contributed by atoms with Crippen molar-refractivity contribution < 1.29 is 14.3 Å². The number of hydrogen-bond acceptors (Lipinski definition) is 2. The highest BCUT2D eigenvalue weighted by molar-refractivity contribution is 6.71. The van der Waals surface area contributed by atoms with Crippen molar-refractivity contribution in [2.75, 3.05) is 0 Å². The Labute approximate surface area is 118 Å². The summed E-state index contributed by atoms with van der Waals surface area (Å²) < 4.78 is 12.2. The molecule has 2 N–H and O–H groups in total. The molecule has 0 bridgehead atoms. The van der Waals surface area contributed by atoms with Gasteiger partial charge in [0.25, 0.3) is 0 Å². The van der Waals surface area contributed by atoms with Gasteiger partial charge in [-0.3, -0.25) is 0 Å². The van der Waals surface area contributed by atoms with Gasteiger partial charge in [0.05, 0.1) is 0 Å². The molecular weight excluding hydrogens is 272 g/mol. The zero-order valence-corrected chi connectivity index (χ0v) is 14.8. The van der Waals surface area contributed by atoms with E-state index < -0.39 is 16.6 Å². The van der Waals surface area contributed by atoms with Crippen molar-refractivity contribution in [3.63, 3.8) is 0 Å². The minimum Gasteiger partial charge on any atom is -0.542 e. The monoisotopic (exact) mass is 298 g/mol. The molecule has 0 spiro atoms. The van der Waals surface area contributed by atoms with Crippen molar-refractivity contribution in [3.8, 4) is 11.5 Å². The smallest absolute Gasteiger partial charge is 0.242 e. The Kier molecular flexibility index (Phi) is 6.05. The molecule has 0 fully saturated rings. The van der Waals surface area contributed by atoms with E-state index in [0.29, 0.717) is 0 Å². The van der Waals surface area contributed by atoms with Crippen LogP contribution in [0.3, 0.4) is 0 Å². The Morgan fingerprint density at radius 1 is 0.895 bits per heavy atom. The second-order valence-corrected chi connectivity index (χ2v) is 15.2. The van der Waals surface area contributed by atoms with E-state index in [0.717, 1.165) is 17.1 Å². The van der Waals surface area contributed by atoms with Crippen LogP contribution in [0.1, 0.15) is 5.56 Å². The van der Waals surface area contributed by atoms with E-state index in [9.17, 15) is 0 Å². The summed E-state index contributed by atoms with van der Waals surface area (Å²) >= 11 is 0. The van der Waals surface area contributed by atoms with E-state index in [-0.39, 0.29) is 5.48 Å². The van der Waals surface area contributed by atoms with Gasteiger partial charge in [0, 0.05) is 0 Å². The molecular formula is C14H26O3Si2. The SMILES string of the molecule is C=Cc1ccc(O[Si](C)(C)C)c(O[Si](C)(C)C)c1.O. The predicted molar refractivity (Wildman–Crippen MR) is 88.1 cm³/mol. The van der Waals surface area contributed by atoms with Crippen molar-refractivity contribution in [2.45, 2.75) is 39.3 Å². The molecule has 5 heteroatoms. The minimum atomic E-state index is -1.64. The zero-order chi connectivity index (χ0) is 14.0. The number of rotatable bonds is 5. The Hall–Kier alpha value is -1.05. The molecule has 108 valence electrons. The quantitative estimate of drug-likeness (QED) is 0.773. The predicted octanol–water partition coefficient (Wildman–Crippen LogP) is 3.93.